The number of rotatable bonds is 2. The molecule has 1 aliphatic heterocycles. The molecule has 1 saturated heterocycles. The average molecular weight is 145 g/mol. The summed E-state index contributed by atoms with van der Waals surface area (Å²) in [7, 11) is 3.32. The van der Waals surface area contributed by atoms with E-state index in [-0.39, 0.29) is 12.1 Å². The molecule has 0 aromatic rings. The number of amides is 1. The molecule has 1 unspecified atom stereocenters. The van der Waals surface area contributed by atoms with Crippen LogP contribution in [0.1, 0.15) is 0 Å². The van der Waals surface area contributed by atoms with Crippen molar-refractivity contribution in [3.05, 3.63) is 0 Å². The SMILES string of the molecule is COCC1COC(=O)N1C. The third-order valence-corrected chi connectivity index (χ3v) is 1.59. The monoisotopic (exact) mass is 145 g/mol. The molecule has 0 spiro atoms. The van der Waals surface area contributed by atoms with E-state index in [1.165, 1.54) is 0 Å². The van der Waals surface area contributed by atoms with Gasteiger partial charge in [-0.05, 0) is 0 Å². The molecule has 1 rings (SSSR count). The van der Waals surface area contributed by atoms with Gasteiger partial charge >= 0.3 is 6.09 Å². The maximum Gasteiger partial charge on any atom is 0.410 e. The van der Waals surface area contributed by atoms with Crippen LogP contribution in [0.4, 0.5) is 4.79 Å². The zero-order chi connectivity index (χ0) is 7.56. The number of hydrogen-bond donors (Lipinski definition) is 0. The first kappa shape index (κ1) is 7.34. The number of hydrogen-bond acceptors (Lipinski definition) is 3. The second kappa shape index (κ2) is 2.88. The van der Waals surface area contributed by atoms with Crippen molar-refractivity contribution in [3.8, 4) is 0 Å². The van der Waals surface area contributed by atoms with Crippen LogP contribution < -0.4 is 0 Å². The Bertz CT molecular complexity index is 137. The van der Waals surface area contributed by atoms with Crippen LogP contribution in [0.25, 0.3) is 0 Å². The zero-order valence-electron chi connectivity index (χ0n) is 6.16. The van der Waals surface area contributed by atoms with E-state index in [0.717, 1.165) is 0 Å². The minimum absolute atomic E-state index is 0.0949. The van der Waals surface area contributed by atoms with Crippen molar-refractivity contribution in [1.82, 2.24) is 4.90 Å². The number of methoxy groups -OCH3 is 1. The Morgan fingerprint density at radius 3 is 3.00 bits per heavy atom. The van der Waals surface area contributed by atoms with Crippen LogP contribution in [0, 0.1) is 0 Å². The normalized spacial score (nSPS) is 25.2. The Morgan fingerprint density at radius 1 is 1.90 bits per heavy atom. The number of cyclic esters (lactones) is 1. The average Bonchev–Trinajstić information content (AvgIpc) is 2.20. The summed E-state index contributed by atoms with van der Waals surface area (Å²) in [5, 5.41) is 0. The van der Waals surface area contributed by atoms with Crippen molar-refractivity contribution >= 4 is 6.09 Å². The molecule has 1 heterocycles. The fraction of sp³-hybridized carbons (Fsp3) is 0.833. The van der Waals surface area contributed by atoms with E-state index in [2.05, 4.69) is 0 Å². The van der Waals surface area contributed by atoms with E-state index in [1.54, 1.807) is 19.1 Å². The summed E-state index contributed by atoms with van der Waals surface area (Å²) >= 11 is 0. The number of nitrogens with zero attached hydrogens (tertiary/aromatic N) is 1. The van der Waals surface area contributed by atoms with Gasteiger partial charge in [-0.1, -0.05) is 0 Å². The number of likely N-dealkylation sites (N-methyl/N-ethyl adjacent to an activating group) is 1. The van der Waals surface area contributed by atoms with Crippen LogP contribution in [0.15, 0.2) is 0 Å². The fourth-order valence-corrected chi connectivity index (χ4v) is 0.882. The first-order valence-electron chi connectivity index (χ1n) is 3.14. The molecule has 1 fully saturated rings. The fourth-order valence-electron chi connectivity index (χ4n) is 0.882. The van der Waals surface area contributed by atoms with Gasteiger partial charge in [-0.15, -0.1) is 0 Å². The molecule has 4 heteroatoms. The summed E-state index contributed by atoms with van der Waals surface area (Å²) in [5.74, 6) is 0. The molecule has 0 saturated carbocycles. The van der Waals surface area contributed by atoms with E-state index < -0.39 is 0 Å². The molecule has 1 amide bonds. The van der Waals surface area contributed by atoms with Gasteiger partial charge in [0.2, 0.25) is 0 Å². The van der Waals surface area contributed by atoms with E-state index in [4.69, 9.17) is 9.47 Å². The Morgan fingerprint density at radius 2 is 2.60 bits per heavy atom. The van der Waals surface area contributed by atoms with Gasteiger partial charge in [0.1, 0.15) is 6.61 Å². The van der Waals surface area contributed by atoms with E-state index in [1.807, 2.05) is 0 Å². The summed E-state index contributed by atoms with van der Waals surface area (Å²) in [6.07, 6.45) is -0.262. The highest BCUT2D eigenvalue weighted by Gasteiger charge is 2.28. The lowest BCUT2D eigenvalue weighted by Gasteiger charge is -2.13. The van der Waals surface area contributed by atoms with Crippen LogP contribution in [-0.4, -0.2) is 44.4 Å². The standard InChI is InChI=1S/C6H11NO3/c1-7-5(3-9-2)4-10-6(7)8/h5H,3-4H2,1-2H3. The van der Waals surface area contributed by atoms with Crippen LogP contribution >= 0.6 is 0 Å². The quantitative estimate of drug-likeness (QED) is 0.552. The van der Waals surface area contributed by atoms with Crippen LogP contribution in [0.5, 0.6) is 0 Å². The number of ether oxygens (including phenoxy) is 2. The summed E-state index contributed by atoms with van der Waals surface area (Å²) in [4.78, 5) is 12.3. The highest BCUT2D eigenvalue weighted by Crippen LogP contribution is 2.08. The number of carbonyl (C=O) groups is 1. The lowest BCUT2D eigenvalue weighted by Crippen LogP contribution is -2.32. The molecule has 0 aromatic carbocycles. The van der Waals surface area contributed by atoms with E-state index >= 15 is 0 Å². The summed E-state index contributed by atoms with van der Waals surface area (Å²) in [5.41, 5.74) is 0. The molecule has 1 atom stereocenters. The molecule has 58 valence electrons. The molecule has 1 aliphatic rings. The number of carbonyl (C=O) groups excluding carboxylic acids is 1. The predicted octanol–water partition coefficient (Wildman–Crippen LogP) is 0.0834. The van der Waals surface area contributed by atoms with Gasteiger partial charge in [-0.3, -0.25) is 0 Å². The largest absolute Gasteiger partial charge is 0.447 e. The lowest BCUT2D eigenvalue weighted by atomic mass is 10.3. The van der Waals surface area contributed by atoms with Crippen molar-refractivity contribution in [1.29, 1.82) is 0 Å². The van der Waals surface area contributed by atoms with Gasteiger partial charge in [0, 0.05) is 14.2 Å². The van der Waals surface area contributed by atoms with Gasteiger partial charge in [-0.25, -0.2) is 4.79 Å². The molecule has 0 N–H and O–H groups in total. The van der Waals surface area contributed by atoms with Crippen molar-refractivity contribution in [2.75, 3.05) is 27.4 Å². The van der Waals surface area contributed by atoms with Crippen LogP contribution in [-0.2, 0) is 9.47 Å². The van der Waals surface area contributed by atoms with Gasteiger partial charge in [-0.2, -0.15) is 0 Å². The third-order valence-electron chi connectivity index (χ3n) is 1.59. The van der Waals surface area contributed by atoms with Gasteiger partial charge in [0.25, 0.3) is 0 Å². The smallest absolute Gasteiger partial charge is 0.410 e. The van der Waals surface area contributed by atoms with Crippen molar-refractivity contribution in [3.63, 3.8) is 0 Å². The second-order valence-electron chi connectivity index (χ2n) is 2.30. The maximum absolute atomic E-state index is 10.7. The second-order valence-corrected chi connectivity index (χ2v) is 2.30. The molecule has 4 nitrogen and oxygen atoms in total. The molecular weight excluding hydrogens is 134 g/mol. The summed E-state index contributed by atoms with van der Waals surface area (Å²) in [6, 6.07) is 0.0949. The summed E-state index contributed by atoms with van der Waals surface area (Å²) in [6.45, 7) is 0.991. The first-order chi connectivity index (χ1) is 4.75. The Labute approximate surface area is 59.7 Å². The first-order valence-corrected chi connectivity index (χ1v) is 3.14. The predicted molar refractivity (Wildman–Crippen MR) is 34.8 cm³/mol. The maximum atomic E-state index is 10.7. The van der Waals surface area contributed by atoms with Crippen molar-refractivity contribution in [2.24, 2.45) is 0 Å². The molecule has 10 heavy (non-hydrogen) atoms. The Kier molecular flexibility index (Phi) is 2.11. The Balaban J connectivity index is 2.41. The van der Waals surface area contributed by atoms with E-state index in [0.29, 0.717) is 13.2 Å². The minimum atomic E-state index is -0.262. The van der Waals surface area contributed by atoms with Crippen LogP contribution in [0.3, 0.4) is 0 Å². The zero-order valence-corrected chi connectivity index (χ0v) is 6.16. The van der Waals surface area contributed by atoms with Gasteiger partial charge in [0.15, 0.2) is 0 Å². The molecule has 0 aliphatic carbocycles. The summed E-state index contributed by atoms with van der Waals surface area (Å²) < 4.78 is 9.61. The highest BCUT2D eigenvalue weighted by molar-refractivity contribution is 5.69. The molecule has 0 radical (unpaired) electrons. The van der Waals surface area contributed by atoms with Gasteiger partial charge in [0.05, 0.1) is 12.6 Å². The highest BCUT2D eigenvalue weighted by atomic mass is 16.6. The van der Waals surface area contributed by atoms with E-state index in [9.17, 15) is 4.79 Å². The van der Waals surface area contributed by atoms with Gasteiger partial charge < -0.3 is 14.4 Å². The third kappa shape index (κ3) is 1.21. The molecular formula is C6H11NO3. The lowest BCUT2D eigenvalue weighted by molar-refractivity contribution is 0.137. The van der Waals surface area contributed by atoms with Crippen LogP contribution in [0.2, 0.25) is 0 Å². The van der Waals surface area contributed by atoms with Crippen molar-refractivity contribution in [2.45, 2.75) is 6.04 Å². The Hall–Kier alpha value is -0.770. The van der Waals surface area contributed by atoms with Crippen molar-refractivity contribution < 1.29 is 14.3 Å². The minimum Gasteiger partial charge on any atom is -0.447 e. The topological polar surface area (TPSA) is 38.8 Å². The molecule has 0 aromatic heterocycles. The molecule has 0 bridgehead atoms.